The van der Waals surface area contributed by atoms with Crippen molar-refractivity contribution in [2.75, 3.05) is 32.2 Å². The maximum atomic E-state index is 5.74. The summed E-state index contributed by atoms with van der Waals surface area (Å²) < 4.78 is 11.0. The van der Waals surface area contributed by atoms with E-state index >= 15 is 0 Å². The molecule has 2 N–H and O–H groups in total. The largest absolute Gasteiger partial charge is 0.497 e. The summed E-state index contributed by atoms with van der Waals surface area (Å²) in [5, 5.41) is 0. The Labute approximate surface area is 126 Å². The van der Waals surface area contributed by atoms with Gasteiger partial charge in [-0.1, -0.05) is 18.2 Å². The molecule has 0 aliphatic carbocycles. The number of methoxy groups -OCH3 is 1. The molecular weight excluding hydrogens is 264 g/mol. The van der Waals surface area contributed by atoms with E-state index in [-0.39, 0.29) is 0 Å². The van der Waals surface area contributed by atoms with Crippen molar-refractivity contribution in [1.82, 2.24) is 0 Å². The van der Waals surface area contributed by atoms with Gasteiger partial charge in [-0.2, -0.15) is 0 Å². The molecule has 0 heterocycles. The van der Waals surface area contributed by atoms with Crippen molar-refractivity contribution in [2.24, 2.45) is 5.73 Å². The van der Waals surface area contributed by atoms with Crippen LogP contribution in [-0.4, -0.2) is 27.3 Å². The zero-order chi connectivity index (χ0) is 15.1. The third-order valence-electron chi connectivity index (χ3n) is 3.35. The highest BCUT2D eigenvalue weighted by molar-refractivity contribution is 5.50. The highest BCUT2D eigenvalue weighted by Gasteiger charge is 2.03. The van der Waals surface area contributed by atoms with Crippen molar-refractivity contribution in [2.45, 2.75) is 6.54 Å². The highest BCUT2D eigenvalue weighted by atomic mass is 16.5. The van der Waals surface area contributed by atoms with E-state index < -0.39 is 0 Å². The summed E-state index contributed by atoms with van der Waals surface area (Å²) in [6.45, 7) is 1.97. The Morgan fingerprint density at radius 1 is 1.05 bits per heavy atom. The van der Waals surface area contributed by atoms with Crippen molar-refractivity contribution in [1.29, 1.82) is 0 Å². The van der Waals surface area contributed by atoms with Gasteiger partial charge >= 0.3 is 0 Å². The van der Waals surface area contributed by atoms with Crippen LogP contribution in [-0.2, 0) is 6.54 Å². The fourth-order valence-electron chi connectivity index (χ4n) is 2.00. The standard InChI is InChI=1S/C17H22N2O2/c1-19(15-4-3-5-17(12-15)20-2)10-11-21-16-8-6-14(13-18)7-9-16/h3-9,12H,10-11,13,18H2,1-2H3. The quantitative estimate of drug-likeness (QED) is 0.850. The van der Waals surface area contributed by atoms with Gasteiger partial charge in [0.25, 0.3) is 0 Å². The first-order chi connectivity index (χ1) is 10.2. The van der Waals surface area contributed by atoms with Crippen LogP contribution in [0, 0.1) is 0 Å². The number of nitrogens with zero attached hydrogens (tertiary/aromatic N) is 1. The van der Waals surface area contributed by atoms with Gasteiger partial charge in [-0.25, -0.2) is 0 Å². The lowest BCUT2D eigenvalue weighted by atomic mass is 10.2. The monoisotopic (exact) mass is 286 g/mol. The Hall–Kier alpha value is -2.20. The number of nitrogens with two attached hydrogens (primary N) is 1. The molecule has 2 aromatic rings. The van der Waals surface area contributed by atoms with Crippen LogP contribution in [0.15, 0.2) is 48.5 Å². The molecule has 0 aliphatic heterocycles. The van der Waals surface area contributed by atoms with Crippen LogP contribution in [0.2, 0.25) is 0 Å². The molecule has 0 aromatic heterocycles. The Balaban J connectivity index is 1.84. The second-order valence-electron chi connectivity index (χ2n) is 4.82. The third-order valence-corrected chi connectivity index (χ3v) is 3.35. The fourth-order valence-corrected chi connectivity index (χ4v) is 2.00. The lowest BCUT2D eigenvalue weighted by Crippen LogP contribution is -2.23. The van der Waals surface area contributed by atoms with Crippen LogP contribution >= 0.6 is 0 Å². The molecule has 0 saturated carbocycles. The minimum Gasteiger partial charge on any atom is -0.497 e. The number of ether oxygens (including phenoxy) is 2. The molecule has 0 saturated heterocycles. The Morgan fingerprint density at radius 3 is 2.48 bits per heavy atom. The van der Waals surface area contributed by atoms with E-state index in [4.69, 9.17) is 15.2 Å². The van der Waals surface area contributed by atoms with E-state index in [2.05, 4.69) is 11.0 Å². The molecule has 21 heavy (non-hydrogen) atoms. The summed E-state index contributed by atoms with van der Waals surface area (Å²) >= 11 is 0. The van der Waals surface area contributed by atoms with Gasteiger partial charge in [0.1, 0.15) is 18.1 Å². The first kappa shape index (κ1) is 15.2. The van der Waals surface area contributed by atoms with Crippen LogP contribution in [0.5, 0.6) is 11.5 Å². The average molecular weight is 286 g/mol. The van der Waals surface area contributed by atoms with Crippen LogP contribution in [0.1, 0.15) is 5.56 Å². The van der Waals surface area contributed by atoms with Crippen LogP contribution in [0.3, 0.4) is 0 Å². The van der Waals surface area contributed by atoms with E-state index in [1.54, 1.807) is 7.11 Å². The van der Waals surface area contributed by atoms with Crippen molar-refractivity contribution in [3.8, 4) is 11.5 Å². The third kappa shape index (κ3) is 4.39. The Kier molecular flexibility index (Phi) is 5.46. The van der Waals surface area contributed by atoms with E-state index in [1.165, 1.54) is 0 Å². The zero-order valence-corrected chi connectivity index (χ0v) is 12.6. The van der Waals surface area contributed by atoms with Crippen molar-refractivity contribution < 1.29 is 9.47 Å². The molecule has 0 bridgehead atoms. The van der Waals surface area contributed by atoms with Gasteiger partial charge in [-0.3, -0.25) is 0 Å². The van der Waals surface area contributed by atoms with E-state index in [0.29, 0.717) is 13.2 Å². The van der Waals surface area contributed by atoms with Gasteiger partial charge in [0.2, 0.25) is 0 Å². The lowest BCUT2D eigenvalue weighted by Gasteiger charge is -2.20. The second kappa shape index (κ2) is 7.55. The van der Waals surface area contributed by atoms with Crippen molar-refractivity contribution in [3.63, 3.8) is 0 Å². The molecule has 0 aliphatic rings. The Bertz CT molecular complexity index is 555. The van der Waals surface area contributed by atoms with Gasteiger partial charge < -0.3 is 20.1 Å². The second-order valence-corrected chi connectivity index (χ2v) is 4.82. The van der Waals surface area contributed by atoms with Gasteiger partial charge in [-0.15, -0.1) is 0 Å². The summed E-state index contributed by atoms with van der Waals surface area (Å²) in [5.41, 5.74) is 7.79. The fraction of sp³-hybridized carbons (Fsp3) is 0.294. The summed E-state index contributed by atoms with van der Waals surface area (Å²) in [6, 6.07) is 15.9. The molecule has 0 spiro atoms. The molecule has 0 unspecified atom stereocenters. The van der Waals surface area contributed by atoms with Gasteiger partial charge in [-0.05, 0) is 29.8 Å². The summed E-state index contributed by atoms with van der Waals surface area (Å²) in [7, 11) is 3.71. The Morgan fingerprint density at radius 2 is 1.81 bits per heavy atom. The topological polar surface area (TPSA) is 47.7 Å². The molecule has 0 atom stereocenters. The minimum atomic E-state index is 0.554. The SMILES string of the molecule is COc1cccc(N(C)CCOc2ccc(CN)cc2)c1. The minimum absolute atomic E-state index is 0.554. The van der Waals surface area contributed by atoms with Crippen LogP contribution in [0.4, 0.5) is 5.69 Å². The van der Waals surface area contributed by atoms with Gasteiger partial charge in [0.05, 0.1) is 13.7 Å². The van der Waals surface area contributed by atoms with Crippen LogP contribution in [0.25, 0.3) is 0 Å². The zero-order valence-electron chi connectivity index (χ0n) is 12.6. The number of hydrogen-bond acceptors (Lipinski definition) is 4. The normalized spacial score (nSPS) is 10.2. The first-order valence-electron chi connectivity index (χ1n) is 7.00. The molecule has 2 rings (SSSR count). The molecule has 0 fully saturated rings. The molecule has 112 valence electrons. The average Bonchev–Trinajstić information content (AvgIpc) is 2.55. The van der Waals surface area contributed by atoms with E-state index in [1.807, 2.05) is 49.5 Å². The molecule has 4 heteroatoms. The predicted octanol–water partition coefficient (Wildman–Crippen LogP) is 2.67. The smallest absolute Gasteiger partial charge is 0.120 e. The number of rotatable bonds is 7. The summed E-state index contributed by atoms with van der Waals surface area (Å²) in [6.07, 6.45) is 0. The number of hydrogen-bond donors (Lipinski definition) is 1. The predicted molar refractivity (Wildman–Crippen MR) is 86.1 cm³/mol. The number of anilines is 1. The number of likely N-dealkylation sites (N-methyl/N-ethyl adjacent to an activating group) is 1. The van der Waals surface area contributed by atoms with E-state index in [0.717, 1.165) is 29.3 Å². The van der Waals surface area contributed by atoms with Gasteiger partial charge in [0, 0.05) is 25.3 Å². The van der Waals surface area contributed by atoms with E-state index in [9.17, 15) is 0 Å². The van der Waals surface area contributed by atoms with Gasteiger partial charge in [0.15, 0.2) is 0 Å². The number of benzene rings is 2. The lowest BCUT2D eigenvalue weighted by molar-refractivity contribution is 0.326. The maximum Gasteiger partial charge on any atom is 0.120 e. The van der Waals surface area contributed by atoms with Crippen LogP contribution < -0.4 is 20.1 Å². The van der Waals surface area contributed by atoms with Crippen molar-refractivity contribution in [3.05, 3.63) is 54.1 Å². The maximum absolute atomic E-state index is 5.74. The molecule has 4 nitrogen and oxygen atoms in total. The molecular formula is C17H22N2O2. The molecule has 0 radical (unpaired) electrons. The first-order valence-corrected chi connectivity index (χ1v) is 7.00. The summed E-state index contributed by atoms with van der Waals surface area (Å²) in [5.74, 6) is 1.73. The molecule has 2 aromatic carbocycles. The molecule has 0 amide bonds. The highest BCUT2D eigenvalue weighted by Crippen LogP contribution is 2.19. The summed E-state index contributed by atoms with van der Waals surface area (Å²) in [4.78, 5) is 2.14. The van der Waals surface area contributed by atoms with Crippen molar-refractivity contribution >= 4 is 5.69 Å².